The van der Waals surface area contributed by atoms with E-state index in [4.69, 9.17) is 12.2 Å². The van der Waals surface area contributed by atoms with Crippen molar-refractivity contribution < 1.29 is 28.3 Å². The van der Waals surface area contributed by atoms with Gasteiger partial charge in [0.25, 0.3) is 11.8 Å². The molecule has 9 nitrogen and oxygen atoms in total. The molecule has 0 radical (unpaired) electrons. The Bertz CT molecular complexity index is 1350. The number of anilines is 2. The van der Waals surface area contributed by atoms with Crippen molar-refractivity contribution in [2.24, 2.45) is 0 Å². The third kappa shape index (κ3) is 5.62. The maximum atomic E-state index is 13.5. The molecular weight excluding hydrogens is 499 g/mol. The molecule has 1 heterocycles. The molecule has 2 N–H and O–H groups in total. The molecule has 188 valence electrons. The van der Waals surface area contributed by atoms with Crippen LogP contribution in [0.4, 0.5) is 15.8 Å². The highest BCUT2D eigenvalue weighted by molar-refractivity contribution is 7.80. The number of hydrazine groups is 1. The molecule has 11 heteroatoms. The molecule has 3 aromatic carbocycles. The Morgan fingerprint density at radius 1 is 0.946 bits per heavy atom. The van der Waals surface area contributed by atoms with E-state index in [1.165, 1.54) is 55.6 Å². The summed E-state index contributed by atoms with van der Waals surface area (Å²) in [6.07, 6.45) is -0.357. The van der Waals surface area contributed by atoms with Crippen molar-refractivity contribution in [3.63, 3.8) is 0 Å². The maximum Gasteiger partial charge on any atom is 0.337 e. The van der Waals surface area contributed by atoms with Crippen LogP contribution in [0.1, 0.15) is 27.1 Å². The predicted molar refractivity (Wildman–Crippen MR) is 137 cm³/mol. The number of amides is 3. The van der Waals surface area contributed by atoms with E-state index in [0.29, 0.717) is 16.8 Å². The van der Waals surface area contributed by atoms with Gasteiger partial charge in [-0.1, -0.05) is 18.2 Å². The van der Waals surface area contributed by atoms with Crippen molar-refractivity contribution in [3.8, 4) is 0 Å². The number of halogens is 1. The van der Waals surface area contributed by atoms with E-state index in [2.05, 4.69) is 15.5 Å². The van der Waals surface area contributed by atoms with Crippen LogP contribution in [0.5, 0.6) is 0 Å². The van der Waals surface area contributed by atoms with Gasteiger partial charge in [0, 0.05) is 11.3 Å². The second-order valence-corrected chi connectivity index (χ2v) is 8.31. The summed E-state index contributed by atoms with van der Waals surface area (Å²) in [5.41, 5.74) is 3.93. The topological polar surface area (TPSA) is 108 Å². The predicted octanol–water partition coefficient (Wildman–Crippen LogP) is 3.29. The van der Waals surface area contributed by atoms with Crippen LogP contribution in [0.25, 0.3) is 0 Å². The lowest BCUT2D eigenvalue weighted by molar-refractivity contribution is -0.124. The molecule has 0 saturated carbocycles. The monoisotopic (exact) mass is 520 g/mol. The molecule has 3 amide bonds. The fraction of sp³-hybridized carbons (Fsp3) is 0.115. The van der Waals surface area contributed by atoms with Gasteiger partial charge in [-0.2, -0.15) is 0 Å². The van der Waals surface area contributed by atoms with Crippen molar-refractivity contribution in [1.29, 1.82) is 0 Å². The molecule has 1 aliphatic heterocycles. The van der Waals surface area contributed by atoms with E-state index >= 15 is 0 Å². The quantitative estimate of drug-likeness (QED) is 0.364. The minimum atomic E-state index is -1.17. The fourth-order valence-electron chi connectivity index (χ4n) is 3.69. The molecule has 0 aromatic heterocycles. The van der Waals surface area contributed by atoms with Crippen molar-refractivity contribution in [1.82, 2.24) is 10.4 Å². The number of benzene rings is 3. The fourth-order valence-corrected chi connectivity index (χ4v) is 4.05. The molecule has 3 aromatic rings. The number of methoxy groups -OCH3 is 1. The van der Waals surface area contributed by atoms with E-state index in [1.54, 1.807) is 30.3 Å². The van der Waals surface area contributed by atoms with Crippen molar-refractivity contribution in [2.75, 3.05) is 17.3 Å². The van der Waals surface area contributed by atoms with Gasteiger partial charge in [-0.3, -0.25) is 24.7 Å². The zero-order valence-electron chi connectivity index (χ0n) is 19.5. The van der Waals surface area contributed by atoms with Crippen molar-refractivity contribution in [2.45, 2.75) is 12.5 Å². The van der Waals surface area contributed by atoms with E-state index in [9.17, 15) is 23.6 Å². The zero-order chi connectivity index (χ0) is 26.5. The van der Waals surface area contributed by atoms with Crippen LogP contribution in [-0.2, 0) is 14.3 Å². The summed E-state index contributed by atoms with van der Waals surface area (Å²) in [5, 5.41) is 3.76. The molecule has 4 rings (SSSR count). The number of hydrogen-bond donors (Lipinski definition) is 2. The molecule has 37 heavy (non-hydrogen) atoms. The molecule has 0 spiro atoms. The first-order chi connectivity index (χ1) is 17.8. The Morgan fingerprint density at radius 2 is 1.59 bits per heavy atom. The van der Waals surface area contributed by atoms with Gasteiger partial charge in [0.15, 0.2) is 0 Å². The van der Waals surface area contributed by atoms with Crippen LogP contribution in [0.3, 0.4) is 0 Å². The summed E-state index contributed by atoms with van der Waals surface area (Å²) in [5.74, 6) is -2.65. The first-order valence-electron chi connectivity index (χ1n) is 11.1. The largest absolute Gasteiger partial charge is 0.465 e. The minimum Gasteiger partial charge on any atom is -0.465 e. The van der Waals surface area contributed by atoms with E-state index in [1.807, 2.05) is 0 Å². The summed E-state index contributed by atoms with van der Waals surface area (Å²) in [4.78, 5) is 51.9. The number of esters is 1. The van der Waals surface area contributed by atoms with Gasteiger partial charge in [-0.15, -0.1) is 0 Å². The number of nitrogens with one attached hydrogen (secondary N) is 2. The first-order valence-corrected chi connectivity index (χ1v) is 11.5. The Morgan fingerprint density at radius 3 is 2.22 bits per heavy atom. The molecule has 1 atom stereocenters. The molecule has 1 saturated heterocycles. The van der Waals surface area contributed by atoms with E-state index in [0.717, 1.165) is 9.91 Å². The van der Waals surface area contributed by atoms with Gasteiger partial charge >= 0.3 is 5.97 Å². The Hall–Kier alpha value is -4.64. The molecule has 0 aliphatic carbocycles. The van der Waals surface area contributed by atoms with Crippen LogP contribution in [0, 0.1) is 5.82 Å². The number of carbonyl (C=O) groups excluding carboxylic acids is 4. The lowest BCUT2D eigenvalue weighted by Gasteiger charge is -2.24. The summed E-state index contributed by atoms with van der Waals surface area (Å²) < 4.78 is 18.1. The summed E-state index contributed by atoms with van der Waals surface area (Å²) in [7, 11) is 1.26. The normalized spacial score (nSPS) is 14.9. The average molecular weight is 521 g/mol. The highest BCUT2D eigenvalue weighted by Gasteiger charge is 2.45. The first kappa shape index (κ1) is 25.5. The zero-order valence-corrected chi connectivity index (χ0v) is 20.3. The number of carbonyl (C=O) groups is 4. The minimum absolute atomic E-state index is 0.0684. The summed E-state index contributed by atoms with van der Waals surface area (Å²) in [6, 6.07) is 18.3. The Balaban J connectivity index is 1.56. The number of thiocarbonyl (C=S) groups is 1. The standard InChI is InChI=1S/C26H21FN4O5S/c1-36-25(35)17-7-11-19(12-8-17)28-22(32)15-21-24(34)30(20-13-9-18(27)10-14-20)26(37)31(21)29-23(33)16-5-3-2-4-6-16/h2-14,21H,15H2,1H3,(H,28,32)(H,29,33). The van der Waals surface area contributed by atoms with Gasteiger partial charge < -0.3 is 10.1 Å². The average Bonchev–Trinajstić information content (AvgIpc) is 3.13. The van der Waals surface area contributed by atoms with Gasteiger partial charge in [0.05, 0.1) is 24.8 Å². The van der Waals surface area contributed by atoms with Crippen molar-refractivity contribution >= 4 is 52.4 Å². The highest BCUT2D eigenvalue weighted by atomic mass is 32.1. The molecular formula is C26H21FN4O5S. The maximum absolute atomic E-state index is 13.5. The third-order valence-corrected chi connectivity index (χ3v) is 5.91. The van der Waals surface area contributed by atoms with Gasteiger partial charge in [0.1, 0.15) is 11.9 Å². The number of rotatable bonds is 7. The number of hydrogen-bond acceptors (Lipinski definition) is 6. The van der Waals surface area contributed by atoms with Crippen LogP contribution in [-0.4, -0.2) is 47.0 Å². The molecule has 1 fully saturated rings. The number of nitrogens with zero attached hydrogens (tertiary/aromatic N) is 2. The van der Waals surface area contributed by atoms with Gasteiger partial charge in [-0.25, -0.2) is 14.2 Å². The van der Waals surface area contributed by atoms with Crippen LogP contribution < -0.4 is 15.6 Å². The molecule has 0 bridgehead atoms. The Labute approximate surface area is 216 Å². The van der Waals surface area contributed by atoms with Crippen LogP contribution in [0.2, 0.25) is 0 Å². The van der Waals surface area contributed by atoms with Crippen LogP contribution >= 0.6 is 12.2 Å². The second kappa shape index (κ2) is 11.0. The molecule has 1 unspecified atom stereocenters. The number of ether oxygens (including phenoxy) is 1. The summed E-state index contributed by atoms with van der Waals surface area (Å²) >= 11 is 5.48. The third-order valence-electron chi connectivity index (χ3n) is 5.53. The van der Waals surface area contributed by atoms with Gasteiger partial charge in [0.2, 0.25) is 11.0 Å². The van der Waals surface area contributed by atoms with Gasteiger partial charge in [-0.05, 0) is 72.9 Å². The highest BCUT2D eigenvalue weighted by Crippen LogP contribution is 2.27. The lowest BCUT2D eigenvalue weighted by atomic mass is 10.1. The lowest BCUT2D eigenvalue weighted by Crippen LogP contribution is -2.49. The summed E-state index contributed by atoms with van der Waals surface area (Å²) in [6.45, 7) is 0. The van der Waals surface area contributed by atoms with Crippen molar-refractivity contribution in [3.05, 3.63) is 95.8 Å². The molecule has 1 aliphatic rings. The van der Waals surface area contributed by atoms with E-state index < -0.39 is 35.5 Å². The Kier molecular flexibility index (Phi) is 7.54. The van der Waals surface area contributed by atoms with E-state index in [-0.39, 0.29) is 17.2 Å². The van der Waals surface area contributed by atoms with Crippen LogP contribution in [0.15, 0.2) is 78.9 Å². The SMILES string of the molecule is COC(=O)c1ccc(NC(=O)CC2C(=O)N(c3ccc(F)cc3)C(=S)N2NC(=O)c2ccccc2)cc1. The second-order valence-electron chi connectivity index (χ2n) is 7.95. The smallest absolute Gasteiger partial charge is 0.337 e.